The van der Waals surface area contributed by atoms with Crippen LogP contribution in [0.15, 0.2) is 6.20 Å². The van der Waals surface area contributed by atoms with Gasteiger partial charge in [0.1, 0.15) is 5.54 Å². The van der Waals surface area contributed by atoms with Crippen LogP contribution in [0.25, 0.3) is 0 Å². The standard InChI is InChI=1S/C11H15N3O3S/c1-7-12-5-8(18-7)6-13-10(17)14-11(9(15)16)3-2-4-11/h5H,2-4,6H2,1H3,(H,15,16)(H2,13,14,17). The lowest BCUT2D eigenvalue weighted by Crippen LogP contribution is -2.61. The number of aromatic nitrogens is 1. The molecule has 0 radical (unpaired) electrons. The molecule has 2 rings (SSSR count). The molecule has 7 heteroatoms. The van der Waals surface area contributed by atoms with E-state index in [-0.39, 0.29) is 0 Å². The number of nitrogens with zero attached hydrogens (tertiary/aromatic N) is 1. The van der Waals surface area contributed by atoms with Crippen molar-refractivity contribution in [2.24, 2.45) is 0 Å². The first kappa shape index (κ1) is 12.8. The first-order valence-electron chi connectivity index (χ1n) is 5.72. The molecule has 98 valence electrons. The third-order valence-corrected chi connectivity index (χ3v) is 3.97. The Kier molecular flexibility index (Phi) is 3.51. The lowest BCUT2D eigenvalue weighted by molar-refractivity contribution is -0.148. The van der Waals surface area contributed by atoms with Gasteiger partial charge in [-0.05, 0) is 26.2 Å². The Morgan fingerprint density at radius 1 is 1.56 bits per heavy atom. The zero-order chi connectivity index (χ0) is 13.2. The summed E-state index contributed by atoms with van der Waals surface area (Å²) in [5, 5.41) is 15.2. The Labute approximate surface area is 108 Å². The quantitative estimate of drug-likeness (QED) is 0.767. The van der Waals surface area contributed by atoms with Crippen LogP contribution in [0, 0.1) is 6.92 Å². The number of carbonyl (C=O) groups excluding carboxylic acids is 1. The molecule has 0 atom stereocenters. The summed E-state index contributed by atoms with van der Waals surface area (Å²) in [6.07, 6.45) is 3.53. The number of aryl methyl sites for hydroxylation is 1. The predicted molar refractivity (Wildman–Crippen MR) is 66.4 cm³/mol. The molecular formula is C11H15N3O3S. The van der Waals surface area contributed by atoms with Gasteiger partial charge in [0.25, 0.3) is 0 Å². The van der Waals surface area contributed by atoms with Crippen molar-refractivity contribution in [3.63, 3.8) is 0 Å². The van der Waals surface area contributed by atoms with Gasteiger partial charge in [-0.2, -0.15) is 0 Å². The normalized spacial score (nSPS) is 16.7. The molecule has 6 nitrogen and oxygen atoms in total. The lowest BCUT2D eigenvalue weighted by Gasteiger charge is -2.38. The third-order valence-electron chi connectivity index (χ3n) is 3.06. The van der Waals surface area contributed by atoms with E-state index >= 15 is 0 Å². The molecule has 0 spiro atoms. The highest BCUT2D eigenvalue weighted by atomic mass is 32.1. The highest BCUT2D eigenvalue weighted by Gasteiger charge is 2.45. The van der Waals surface area contributed by atoms with Gasteiger partial charge in [0.15, 0.2) is 0 Å². The highest BCUT2D eigenvalue weighted by molar-refractivity contribution is 7.11. The second kappa shape index (κ2) is 4.93. The van der Waals surface area contributed by atoms with E-state index in [1.165, 1.54) is 11.3 Å². The predicted octanol–water partition coefficient (Wildman–Crippen LogP) is 1.26. The fraction of sp³-hybridized carbons (Fsp3) is 0.545. The largest absolute Gasteiger partial charge is 0.480 e. The summed E-state index contributed by atoms with van der Waals surface area (Å²) < 4.78 is 0. The van der Waals surface area contributed by atoms with E-state index < -0.39 is 17.5 Å². The number of nitrogens with one attached hydrogen (secondary N) is 2. The number of thiazole rings is 1. The number of rotatable bonds is 4. The first-order chi connectivity index (χ1) is 8.52. The lowest BCUT2D eigenvalue weighted by atomic mass is 9.77. The minimum Gasteiger partial charge on any atom is -0.480 e. The van der Waals surface area contributed by atoms with Crippen molar-refractivity contribution < 1.29 is 14.7 Å². The molecule has 1 aromatic heterocycles. The van der Waals surface area contributed by atoms with Crippen molar-refractivity contribution in [2.75, 3.05) is 0 Å². The van der Waals surface area contributed by atoms with Crippen LogP contribution in [0.1, 0.15) is 29.1 Å². The molecular weight excluding hydrogens is 254 g/mol. The zero-order valence-corrected chi connectivity index (χ0v) is 10.8. The zero-order valence-electron chi connectivity index (χ0n) is 10.0. The highest BCUT2D eigenvalue weighted by Crippen LogP contribution is 2.31. The van der Waals surface area contributed by atoms with E-state index in [0.717, 1.165) is 16.3 Å². The number of carboxylic acids is 1. The summed E-state index contributed by atoms with van der Waals surface area (Å²) in [6.45, 7) is 2.26. The number of aliphatic carboxylic acids is 1. The number of carboxylic acid groups (broad SMARTS) is 1. The molecule has 1 fully saturated rings. The Bertz CT molecular complexity index is 468. The average molecular weight is 269 g/mol. The number of hydrogen-bond acceptors (Lipinski definition) is 4. The number of hydrogen-bond donors (Lipinski definition) is 3. The maximum Gasteiger partial charge on any atom is 0.329 e. The Hall–Kier alpha value is -1.63. The number of amides is 2. The van der Waals surface area contributed by atoms with Crippen molar-refractivity contribution in [3.8, 4) is 0 Å². The van der Waals surface area contributed by atoms with Crippen molar-refractivity contribution >= 4 is 23.3 Å². The fourth-order valence-electron chi connectivity index (χ4n) is 1.84. The van der Waals surface area contributed by atoms with Gasteiger partial charge in [0, 0.05) is 11.1 Å². The van der Waals surface area contributed by atoms with E-state index in [4.69, 9.17) is 5.11 Å². The van der Waals surface area contributed by atoms with Gasteiger partial charge in [-0.3, -0.25) is 0 Å². The third kappa shape index (κ3) is 2.61. The average Bonchev–Trinajstić information content (AvgIpc) is 2.66. The van der Waals surface area contributed by atoms with Crippen molar-refractivity contribution in [3.05, 3.63) is 16.1 Å². The van der Waals surface area contributed by atoms with Gasteiger partial charge < -0.3 is 15.7 Å². The monoisotopic (exact) mass is 269 g/mol. The fourth-order valence-corrected chi connectivity index (χ4v) is 2.57. The molecule has 0 aromatic carbocycles. The van der Waals surface area contributed by atoms with Crippen LogP contribution in [-0.4, -0.2) is 27.6 Å². The summed E-state index contributed by atoms with van der Waals surface area (Å²) in [5.74, 6) is -0.961. The Morgan fingerprint density at radius 3 is 2.72 bits per heavy atom. The summed E-state index contributed by atoms with van der Waals surface area (Å²) >= 11 is 1.50. The first-order valence-corrected chi connectivity index (χ1v) is 6.54. The number of urea groups is 1. The number of carbonyl (C=O) groups is 2. The van der Waals surface area contributed by atoms with E-state index in [9.17, 15) is 9.59 Å². The molecule has 0 saturated heterocycles. The van der Waals surface area contributed by atoms with E-state index in [1.54, 1.807) is 6.20 Å². The molecule has 0 aliphatic heterocycles. The van der Waals surface area contributed by atoms with Crippen LogP contribution in [-0.2, 0) is 11.3 Å². The molecule has 1 aliphatic rings. The van der Waals surface area contributed by atoms with Crippen molar-refractivity contribution in [1.29, 1.82) is 0 Å². The summed E-state index contributed by atoms with van der Waals surface area (Å²) in [5.41, 5.74) is -1.06. The molecule has 2 amide bonds. The van der Waals surface area contributed by atoms with Gasteiger partial charge >= 0.3 is 12.0 Å². The van der Waals surface area contributed by atoms with Crippen LogP contribution in [0.3, 0.4) is 0 Å². The van der Waals surface area contributed by atoms with Gasteiger partial charge in [-0.15, -0.1) is 11.3 Å². The van der Waals surface area contributed by atoms with Gasteiger partial charge in [-0.25, -0.2) is 14.6 Å². The topological polar surface area (TPSA) is 91.3 Å². The second-order valence-electron chi connectivity index (χ2n) is 4.39. The van der Waals surface area contributed by atoms with Crippen molar-refractivity contribution in [1.82, 2.24) is 15.6 Å². The molecule has 1 aromatic rings. The minimum atomic E-state index is -1.06. The molecule has 0 bridgehead atoms. The SMILES string of the molecule is Cc1ncc(CNC(=O)NC2(C(=O)O)CCC2)s1. The molecule has 1 heterocycles. The Morgan fingerprint density at radius 2 is 2.28 bits per heavy atom. The smallest absolute Gasteiger partial charge is 0.329 e. The van der Waals surface area contributed by atoms with Gasteiger partial charge in [0.05, 0.1) is 11.6 Å². The summed E-state index contributed by atoms with van der Waals surface area (Å²) in [4.78, 5) is 27.7. The molecule has 1 saturated carbocycles. The second-order valence-corrected chi connectivity index (χ2v) is 5.71. The van der Waals surface area contributed by atoms with Gasteiger partial charge in [0.2, 0.25) is 0 Å². The van der Waals surface area contributed by atoms with Crippen molar-refractivity contribution in [2.45, 2.75) is 38.3 Å². The van der Waals surface area contributed by atoms with Crippen LogP contribution < -0.4 is 10.6 Å². The summed E-state index contributed by atoms with van der Waals surface area (Å²) in [7, 11) is 0. The van der Waals surface area contributed by atoms with Gasteiger partial charge in [-0.1, -0.05) is 0 Å². The minimum absolute atomic E-state index is 0.368. The van der Waals surface area contributed by atoms with Crippen LogP contribution in [0.5, 0.6) is 0 Å². The van der Waals surface area contributed by atoms with Crippen LogP contribution in [0.2, 0.25) is 0 Å². The summed E-state index contributed by atoms with van der Waals surface area (Å²) in [6, 6.07) is -0.442. The van der Waals surface area contributed by atoms with E-state index in [2.05, 4.69) is 15.6 Å². The van der Waals surface area contributed by atoms with E-state index in [0.29, 0.717) is 19.4 Å². The maximum absolute atomic E-state index is 11.6. The molecule has 0 unspecified atom stereocenters. The molecule has 18 heavy (non-hydrogen) atoms. The van der Waals surface area contributed by atoms with Crippen LogP contribution >= 0.6 is 11.3 Å². The van der Waals surface area contributed by atoms with E-state index in [1.807, 2.05) is 6.92 Å². The van der Waals surface area contributed by atoms with Crippen LogP contribution in [0.4, 0.5) is 4.79 Å². The Balaban J connectivity index is 1.83. The molecule has 3 N–H and O–H groups in total. The maximum atomic E-state index is 11.6. The molecule has 1 aliphatic carbocycles.